The summed E-state index contributed by atoms with van der Waals surface area (Å²) in [5, 5.41) is 0.584. The zero-order valence-corrected chi connectivity index (χ0v) is 15.5. The van der Waals surface area contributed by atoms with Crippen molar-refractivity contribution in [1.29, 1.82) is 0 Å². The Hall–Kier alpha value is -0.580. The van der Waals surface area contributed by atoms with E-state index in [1.807, 2.05) is 13.8 Å². The molecule has 120 valence electrons. The maximum Gasteiger partial charge on any atom is 0.241 e. The number of halogens is 1. The smallest absolute Gasteiger partial charge is 0.207 e. The van der Waals surface area contributed by atoms with Crippen molar-refractivity contribution in [1.82, 2.24) is 4.72 Å². The van der Waals surface area contributed by atoms with Gasteiger partial charge in [-0.25, -0.2) is 13.1 Å². The van der Waals surface area contributed by atoms with Crippen LogP contribution >= 0.6 is 11.6 Å². The van der Waals surface area contributed by atoms with Crippen molar-refractivity contribution in [3.8, 4) is 0 Å². The first-order valence-corrected chi connectivity index (χ1v) is 8.90. The summed E-state index contributed by atoms with van der Waals surface area (Å²) in [6, 6.07) is 3.33. The Kier molecular flexibility index (Phi) is 5.19. The van der Waals surface area contributed by atoms with Gasteiger partial charge in [-0.1, -0.05) is 32.4 Å². The lowest BCUT2D eigenvalue weighted by atomic mass is 9.82. The number of aryl methyl sites for hydroxylation is 2. The van der Waals surface area contributed by atoms with Gasteiger partial charge in [0.1, 0.15) is 0 Å². The second-order valence-electron chi connectivity index (χ2n) is 7.59. The molecule has 1 rings (SSSR count). The summed E-state index contributed by atoms with van der Waals surface area (Å²) in [5.41, 5.74) is 0.939. The molecule has 0 aliphatic rings. The van der Waals surface area contributed by atoms with E-state index in [4.69, 9.17) is 11.6 Å². The molecule has 1 aromatic carbocycles. The van der Waals surface area contributed by atoms with Crippen LogP contribution in [0.15, 0.2) is 17.0 Å². The quantitative estimate of drug-likeness (QED) is 0.885. The Morgan fingerprint density at radius 2 is 1.57 bits per heavy atom. The van der Waals surface area contributed by atoms with E-state index in [1.54, 1.807) is 26.0 Å². The van der Waals surface area contributed by atoms with E-state index in [0.717, 1.165) is 12.0 Å². The first kappa shape index (κ1) is 18.5. The number of sulfonamides is 1. The van der Waals surface area contributed by atoms with Crippen LogP contribution in [0, 0.1) is 19.3 Å². The third-order valence-electron chi connectivity index (χ3n) is 3.13. The molecule has 0 atom stereocenters. The van der Waals surface area contributed by atoms with Crippen LogP contribution in [-0.2, 0) is 10.0 Å². The molecule has 0 bridgehead atoms. The molecule has 1 aromatic rings. The first-order valence-electron chi connectivity index (χ1n) is 7.04. The van der Waals surface area contributed by atoms with Crippen molar-refractivity contribution in [2.45, 2.75) is 65.3 Å². The van der Waals surface area contributed by atoms with Crippen LogP contribution in [0.5, 0.6) is 0 Å². The summed E-state index contributed by atoms with van der Waals surface area (Å²) in [7, 11) is -3.57. The lowest BCUT2D eigenvalue weighted by Gasteiger charge is -2.33. The van der Waals surface area contributed by atoms with Gasteiger partial charge in [-0.3, -0.25) is 0 Å². The highest BCUT2D eigenvalue weighted by Gasteiger charge is 2.31. The zero-order chi connectivity index (χ0) is 16.6. The monoisotopic (exact) mass is 331 g/mol. The molecule has 5 heteroatoms. The SMILES string of the molecule is Cc1cc(S(=O)(=O)NC(C)(C)CC(C)(C)C)c(C)cc1Cl. The Balaban J connectivity index is 3.16. The minimum atomic E-state index is -3.57. The molecule has 0 saturated carbocycles. The highest BCUT2D eigenvalue weighted by molar-refractivity contribution is 7.89. The van der Waals surface area contributed by atoms with Gasteiger partial charge >= 0.3 is 0 Å². The molecule has 0 aliphatic heterocycles. The molecule has 0 aliphatic carbocycles. The van der Waals surface area contributed by atoms with Gasteiger partial charge in [0.25, 0.3) is 0 Å². The molecule has 0 fully saturated rings. The number of rotatable bonds is 4. The Morgan fingerprint density at radius 3 is 2.05 bits per heavy atom. The number of nitrogens with one attached hydrogen (secondary N) is 1. The fourth-order valence-electron chi connectivity index (χ4n) is 2.82. The standard InChI is InChI=1S/C16H26ClNO2S/c1-11-9-14(12(2)8-13(11)17)21(19,20)18-16(6,7)10-15(3,4)5/h8-9,18H,10H2,1-7H3. The third kappa shape index (κ3) is 5.28. The van der Waals surface area contributed by atoms with Crippen LogP contribution in [0.3, 0.4) is 0 Å². The molecule has 0 heterocycles. The fraction of sp³-hybridized carbons (Fsp3) is 0.625. The number of hydrogen-bond donors (Lipinski definition) is 1. The largest absolute Gasteiger partial charge is 0.241 e. The fourth-order valence-corrected chi connectivity index (χ4v) is 4.77. The first-order chi connectivity index (χ1) is 9.23. The molecule has 3 nitrogen and oxygen atoms in total. The van der Waals surface area contributed by atoms with Crippen LogP contribution < -0.4 is 4.72 Å². The van der Waals surface area contributed by atoms with Crippen molar-refractivity contribution < 1.29 is 8.42 Å². The topological polar surface area (TPSA) is 46.2 Å². The molecular weight excluding hydrogens is 306 g/mol. The zero-order valence-electron chi connectivity index (χ0n) is 14.0. The second kappa shape index (κ2) is 5.90. The maximum absolute atomic E-state index is 12.7. The molecule has 0 radical (unpaired) electrons. The lowest BCUT2D eigenvalue weighted by molar-refractivity contribution is 0.269. The summed E-state index contributed by atoms with van der Waals surface area (Å²) in [5.74, 6) is 0. The van der Waals surface area contributed by atoms with E-state index in [0.29, 0.717) is 15.5 Å². The average Bonchev–Trinajstić information content (AvgIpc) is 2.17. The predicted octanol–water partition coefficient (Wildman–Crippen LogP) is 4.45. The van der Waals surface area contributed by atoms with Crippen molar-refractivity contribution in [3.63, 3.8) is 0 Å². The Labute approximate surface area is 134 Å². The minimum Gasteiger partial charge on any atom is -0.207 e. The molecule has 0 spiro atoms. The van der Waals surface area contributed by atoms with E-state index in [2.05, 4.69) is 25.5 Å². The van der Waals surface area contributed by atoms with Gasteiger partial charge in [-0.2, -0.15) is 0 Å². The molecule has 0 aromatic heterocycles. The van der Waals surface area contributed by atoms with Gasteiger partial charge in [0.2, 0.25) is 10.0 Å². The summed E-state index contributed by atoms with van der Waals surface area (Å²) >= 11 is 6.04. The molecule has 0 saturated heterocycles. The Morgan fingerprint density at radius 1 is 1.05 bits per heavy atom. The van der Waals surface area contributed by atoms with Gasteiger partial charge in [0.15, 0.2) is 0 Å². The molecule has 21 heavy (non-hydrogen) atoms. The average molecular weight is 332 g/mol. The lowest BCUT2D eigenvalue weighted by Crippen LogP contribution is -2.45. The van der Waals surface area contributed by atoms with Crippen LogP contribution in [0.1, 0.15) is 52.2 Å². The maximum atomic E-state index is 12.7. The van der Waals surface area contributed by atoms with Crippen LogP contribution in [-0.4, -0.2) is 14.0 Å². The van der Waals surface area contributed by atoms with Crippen LogP contribution in [0.25, 0.3) is 0 Å². The predicted molar refractivity (Wildman–Crippen MR) is 89.4 cm³/mol. The van der Waals surface area contributed by atoms with E-state index in [1.165, 1.54) is 0 Å². The minimum absolute atomic E-state index is 0.0387. The van der Waals surface area contributed by atoms with Crippen molar-refractivity contribution in [3.05, 3.63) is 28.3 Å². The normalized spacial score (nSPS) is 13.5. The molecule has 1 N–H and O–H groups in total. The second-order valence-corrected chi connectivity index (χ2v) is 9.65. The summed E-state index contributed by atoms with van der Waals surface area (Å²) in [4.78, 5) is 0.298. The Bertz CT molecular complexity index is 628. The van der Waals surface area contributed by atoms with Crippen molar-refractivity contribution in [2.24, 2.45) is 5.41 Å². The van der Waals surface area contributed by atoms with Gasteiger partial charge in [-0.15, -0.1) is 0 Å². The van der Waals surface area contributed by atoms with Crippen LogP contribution in [0.2, 0.25) is 5.02 Å². The number of hydrogen-bond acceptors (Lipinski definition) is 2. The third-order valence-corrected chi connectivity index (χ3v) is 5.38. The van der Waals surface area contributed by atoms with Crippen LogP contribution in [0.4, 0.5) is 0 Å². The molecule has 0 amide bonds. The number of benzene rings is 1. The van der Waals surface area contributed by atoms with Gasteiger partial charge in [0.05, 0.1) is 4.90 Å². The van der Waals surface area contributed by atoms with E-state index in [-0.39, 0.29) is 5.41 Å². The highest BCUT2D eigenvalue weighted by atomic mass is 35.5. The molecule has 0 unspecified atom stereocenters. The summed E-state index contributed by atoms with van der Waals surface area (Å²) in [6.07, 6.45) is 0.741. The van der Waals surface area contributed by atoms with E-state index < -0.39 is 15.6 Å². The highest BCUT2D eigenvalue weighted by Crippen LogP contribution is 2.29. The summed E-state index contributed by atoms with van der Waals surface area (Å²) < 4.78 is 28.1. The van der Waals surface area contributed by atoms with Gasteiger partial charge in [-0.05, 0) is 62.8 Å². The summed E-state index contributed by atoms with van der Waals surface area (Å²) in [6.45, 7) is 13.7. The molecular formula is C16H26ClNO2S. The van der Waals surface area contributed by atoms with E-state index in [9.17, 15) is 8.42 Å². The van der Waals surface area contributed by atoms with Gasteiger partial charge < -0.3 is 0 Å². The van der Waals surface area contributed by atoms with E-state index >= 15 is 0 Å². The van der Waals surface area contributed by atoms with Crippen molar-refractivity contribution >= 4 is 21.6 Å². The van der Waals surface area contributed by atoms with Gasteiger partial charge in [0, 0.05) is 10.6 Å². The van der Waals surface area contributed by atoms with Crippen molar-refractivity contribution in [2.75, 3.05) is 0 Å².